The molecule has 4 nitrogen and oxygen atoms in total. The predicted molar refractivity (Wildman–Crippen MR) is 84.8 cm³/mol. The highest BCUT2D eigenvalue weighted by atomic mass is 35.5. The van der Waals surface area contributed by atoms with Crippen LogP contribution in [0.2, 0.25) is 5.02 Å². The van der Waals surface area contributed by atoms with Gasteiger partial charge in [0.2, 0.25) is 0 Å². The zero-order chi connectivity index (χ0) is 14.4. The van der Waals surface area contributed by atoms with Gasteiger partial charge in [0.1, 0.15) is 0 Å². The van der Waals surface area contributed by atoms with E-state index in [4.69, 9.17) is 22.5 Å². The summed E-state index contributed by atoms with van der Waals surface area (Å²) in [5.41, 5.74) is 7.10. The van der Waals surface area contributed by atoms with E-state index < -0.39 is 0 Å². The van der Waals surface area contributed by atoms with Crippen molar-refractivity contribution < 1.29 is 5.21 Å². The highest BCUT2D eigenvalue weighted by molar-refractivity contribution is 7.98. The molecule has 1 rings (SSSR count). The second-order valence-corrected chi connectivity index (χ2v) is 5.79. The first kappa shape index (κ1) is 16.0. The van der Waals surface area contributed by atoms with Crippen LogP contribution in [0, 0.1) is 0 Å². The highest BCUT2D eigenvalue weighted by Gasteiger charge is 2.13. The van der Waals surface area contributed by atoms with E-state index in [-0.39, 0.29) is 5.84 Å². The molecule has 0 heterocycles. The molecule has 0 spiro atoms. The smallest absolute Gasteiger partial charge is 0.170 e. The Morgan fingerprint density at radius 3 is 2.79 bits per heavy atom. The Hall–Kier alpha value is -1.07. The van der Waals surface area contributed by atoms with Crippen molar-refractivity contribution in [3.63, 3.8) is 0 Å². The summed E-state index contributed by atoms with van der Waals surface area (Å²) in [4.78, 5) is 2.15. The summed E-state index contributed by atoms with van der Waals surface area (Å²) < 4.78 is 0. The molecule has 106 valence electrons. The first-order valence-corrected chi connectivity index (χ1v) is 7.77. The van der Waals surface area contributed by atoms with Crippen molar-refractivity contribution in [1.29, 1.82) is 0 Å². The first-order chi connectivity index (χ1) is 9.01. The summed E-state index contributed by atoms with van der Waals surface area (Å²) in [6.45, 7) is 2.17. The molecule has 0 aliphatic heterocycles. The van der Waals surface area contributed by atoms with E-state index in [0.29, 0.717) is 16.6 Å². The van der Waals surface area contributed by atoms with E-state index in [1.54, 1.807) is 12.1 Å². The Morgan fingerprint density at radius 2 is 2.26 bits per heavy atom. The summed E-state index contributed by atoms with van der Waals surface area (Å²) in [6, 6.07) is 5.81. The molecule has 0 aliphatic rings. The number of amidine groups is 1. The molecule has 6 heteroatoms. The lowest BCUT2D eigenvalue weighted by Gasteiger charge is -2.28. The molecule has 1 aromatic carbocycles. The van der Waals surface area contributed by atoms with Crippen LogP contribution in [-0.2, 0) is 0 Å². The van der Waals surface area contributed by atoms with Gasteiger partial charge in [-0.05, 0) is 43.6 Å². The summed E-state index contributed by atoms with van der Waals surface area (Å²) in [5, 5.41) is 12.2. The molecule has 1 unspecified atom stereocenters. The number of rotatable bonds is 6. The fourth-order valence-corrected chi connectivity index (χ4v) is 2.62. The summed E-state index contributed by atoms with van der Waals surface area (Å²) in [6.07, 6.45) is 3.20. The number of nitrogens with zero attached hydrogens (tertiary/aromatic N) is 2. The quantitative estimate of drug-likeness (QED) is 0.367. The van der Waals surface area contributed by atoms with Gasteiger partial charge in [-0.15, -0.1) is 0 Å². The molecule has 19 heavy (non-hydrogen) atoms. The lowest BCUT2D eigenvalue weighted by molar-refractivity contribution is 0.318. The maximum Gasteiger partial charge on any atom is 0.170 e. The van der Waals surface area contributed by atoms with Gasteiger partial charge in [-0.25, -0.2) is 0 Å². The van der Waals surface area contributed by atoms with E-state index >= 15 is 0 Å². The van der Waals surface area contributed by atoms with Crippen LogP contribution in [0.1, 0.15) is 18.9 Å². The Morgan fingerprint density at radius 1 is 1.58 bits per heavy atom. The minimum absolute atomic E-state index is 0.0616. The lowest BCUT2D eigenvalue weighted by atomic mass is 10.1. The van der Waals surface area contributed by atoms with Crippen LogP contribution in [0.3, 0.4) is 0 Å². The van der Waals surface area contributed by atoms with Crippen LogP contribution >= 0.6 is 23.4 Å². The third kappa shape index (κ3) is 4.21. The SMILES string of the molecule is CSCCC(C)N(C)c1ccc(/C(N)=N/O)cc1Cl. The molecule has 0 aliphatic carbocycles. The summed E-state index contributed by atoms with van der Waals surface area (Å²) >= 11 is 8.10. The molecule has 1 atom stereocenters. The minimum atomic E-state index is 0.0616. The van der Waals surface area contributed by atoms with Crippen molar-refractivity contribution in [3.8, 4) is 0 Å². The van der Waals surface area contributed by atoms with Gasteiger partial charge in [0.05, 0.1) is 10.7 Å². The van der Waals surface area contributed by atoms with Gasteiger partial charge < -0.3 is 15.8 Å². The van der Waals surface area contributed by atoms with Gasteiger partial charge in [-0.1, -0.05) is 16.8 Å². The normalized spacial score (nSPS) is 13.4. The van der Waals surface area contributed by atoms with E-state index in [9.17, 15) is 0 Å². The van der Waals surface area contributed by atoms with Crippen molar-refractivity contribution in [2.75, 3.05) is 24.0 Å². The average molecular weight is 302 g/mol. The number of anilines is 1. The topological polar surface area (TPSA) is 61.8 Å². The average Bonchev–Trinajstić information content (AvgIpc) is 2.42. The molecule has 0 bridgehead atoms. The van der Waals surface area contributed by atoms with E-state index in [1.807, 2.05) is 24.9 Å². The maximum absolute atomic E-state index is 8.65. The molecule has 3 N–H and O–H groups in total. The molecule has 0 saturated heterocycles. The predicted octanol–water partition coefficient (Wildman–Crippen LogP) is 3.01. The second-order valence-electron chi connectivity index (χ2n) is 4.39. The van der Waals surface area contributed by atoms with Gasteiger partial charge in [0.15, 0.2) is 5.84 Å². The van der Waals surface area contributed by atoms with Crippen LogP contribution < -0.4 is 10.6 Å². The first-order valence-electron chi connectivity index (χ1n) is 6.00. The number of nitrogens with two attached hydrogens (primary N) is 1. The van der Waals surface area contributed by atoms with Crippen LogP contribution in [0.15, 0.2) is 23.4 Å². The Labute approximate surface area is 123 Å². The summed E-state index contributed by atoms with van der Waals surface area (Å²) in [5.74, 6) is 1.18. The Bertz CT molecular complexity index is 454. The summed E-state index contributed by atoms with van der Waals surface area (Å²) in [7, 11) is 2.02. The molecule has 1 aromatic rings. The van der Waals surface area contributed by atoms with Crippen molar-refractivity contribution in [1.82, 2.24) is 0 Å². The van der Waals surface area contributed by atoms with E-state index in [2.05, 4.69) is 23.2 Å². The number of halogens is 1. The largest absolute Gasteiger partial charge is 0.409 e. The third-order valence-corrected chi connectivity index (χ3v) is 4.08. The van der Waals surface area contributed by atoms with Crippen LogP contribution in [-0.4, -0.2) is 36.1 Å². The molecule has 0 aromatic heterocycles. The highest BCUT2D eigenvalue weighted by Crippen LogP contribution is 2.28. The molecule has 0 saturated carbocycles. The molecule has 0 radical (unpaired) electrons. The number of thioether (sulfide) groups is 1. The van der Waals surface area contributed by atoms with Crippen molar-refractivity contribution in [3.05, 3.63) is 28.8 Å². The minimum Gasteiger partial charge on any atom is -0.409 e. The van der Waals surface area contributed by atoms with E-state index in [1.165, 1.54) is 0 Å². The third-order valence-electron chi connectivity index (χ3n) is 3.13. The van der Waals surface area contributed by atoms with Gasteiger partial charge in [0, 0.05) is 18.7 Å². The van der Waals surface area contributed by atoms with E-state index in [0.717, 1.165) is 17.9 Å². The number of oxime groups is 1. The fraction of sp³-hybridized carbons (Fsp3) is 0.462. The van der Waals surface area contributed by atoms with Crippen LogP contribution in [0.25, 0.3) is 0 Å². The molecule has 0 amide bonds. The van der Waals surface area contributed by atoms with Crippen LogP contribution in [0.4, 0.5) is 5.69 Å². The van der Waals surface area contributed by atoms with Crippen molar-refractivity contribution in [2.24, 2.45) is 10.9 Å². The van der Waals surface area contributed by atoms with Crippen molar-refractivity contribution in [2.45, 2.75) is 19.4 Å². The lowest BCUT2D eigenvalue weighted by Crippen LogP contribution is -2.29. The van der Waals surface area contributed by atoms with Gasteiger partial charge in [-0.3, -0.25) is 0 Å². The molecule has 0 fully saturated rings. The Kier molecular flexibility index (Phi) is 6.31. The van der Waals surface area contributed by atoms with Gasteiger partial charge >= 0.3 is 0 Å². The zero-order valence-electron chi connectivity index (χ0n) is 11.4. The zero-order valence-corrected chi connectivity index (χ0v) is 13.0. The number of hydrogen-bond donors (Lipinski definition) is 2. The Balaban J connectivity index is 2.90. The van der Waals surface area contributed by atoms with Crippen molar-refractivity contribution >= 4 is 34.9 Å². The monoisotopic (exact) mass is 301 g/mol. The molecular weight excluding hydrogens is 282 g/mol. The fourth-order valence-electron chi connectivity index (χ4n) is 1.73. The maximum atomic E-state index is 8.65. The number of benzene rings is 1. The second kappa shape index (κ2) is 7.50. The van der Waals surface area contributed by atoms with Crippen LogP contribution in [0.5, 0.6) is 0 Å². The molecular formula is C13H20ClN3OS. The number of hydrogen-bond acceptors (Lipinski definition) is 4. The standard InChI is InChI=1S/C13H20ClN3OS/c1-9(6-7-19-3)17(2)12-5-4-10(8-11(12)14)13(15)16-18/h4-5,8-9,18H,6-7H2,1-3H3,(H2,15,16). The van der Waals surface area contributed by atoms with Gasteiger partial charge in [0.25, 0.3) is 0 Å². The van der Waals surface area contributed by atoms with Gasteiger partial charge in [-0.2, -0.15) is 11.8 Å².